The van der Waals surface area contributed by atoms with Gasteiger partial charge < -0.3 is 0 Å². The molecule has 3 nitrogen and oxygen atoms in total. The van der Waals surface area contributed by atoms with Crippen molar-refractivity contribution in [2.24, 2.45) is 5.10 Å². The zero-order valence-corrected chi connectivity index (χ0v) is 12.3. The molecule has 100 valence electrons. The fourth-order valence-electron chi connectivity index (χ4n) is 1.98. The van der Waals surface area contributed by atoms with E-state index in [-0.39, 0.29) is 5.91 Å². The Morgan fingerprint density at radius 2 is 2.15 bits per heavy atom. The molecule has 0 bridgehead atoms. The molecule has 1 aromatic heterocycles. The summed E-state index contributed by atoms with van der Waals surface area (Å²) in [6, 6.07) is 11.0. The van der Waals surface area contributed by atoms with Crippen molar-refractivity contribution in [3.63, 3.8) is 0 Å². The fraction of sp³-hybridized carbons (Fsp3) is 0.0667. The molecular formula is C15H11ClN2OS. The van der Waals surface area contributed by atoms with Gasteiger partial charge in [-0.3, -0.25) is 4.79 Å². The first-order valence-electron chi connectivity index (χ1n) is 6.06. The van der Waals surface area contributed by atoms with Gasteiger partial charge in [0.05, 0.1) is 17.0 Å². The Bertz CT molecular complexity index is 719. The van der Waals surface area contributed by atoms with Crippen LogP contribution in [0.2, 0.25) is 5.02 Å². The highest BCUT2D eigenvalue weighted by Crippen LogP contribution is 2.27. The molecule has 1 amide bonds. The van der Waals surface area contributed by atoms with Crippen LogP contribution >= 0.6 is 22.9 Å². The number of hydrogen-bond acceptors (Lipinski definition) is 3. The summed E-state index contributed by atoms with van der Waals surface area (Å²) in [7, 11) is 0. The Morgan fingerprint density at radius 3 is 2.85 bits per heavy atom. The number of amides is 1. The topological polar surface area (TPSA) is 32.7 Å². The number of carbonyl (C=O) groups excluding carboxylic acids is 1. The molecule has 0 N–H and O–H groups in total. The Morgan fingerprint density at radius 1 is 1.30 bits per heavy atom. The number of rotatable bonds is 2. The van der Waals surface area contributed by atoms with Crippen molar-refractivity contribution >= 4 is 46.3 Å². The average Bonchev–Trinajstić information content (AvgIpc) is 3.02. The molecule has 0 unspecified atom stereocenters. The Hall–Kier alpha value is -1.91. The van der Waals surface area contributed by atoms with Crippen LogP contribution in [0.15, 0.2) is 52.5 Å². The second-order valence-electron chi connectivity index (χ2n) is 4.36. The minimum absolute atomic E-state index is 0.127. The summed E-state index contributed by atoms with van der Waals surface area (Å²) in [5.41, 5.74) is 2.01. The molecule has 0 spiro atoms. The van der Waals surface area contributed by atoms with E-state index in [1.807, 2.05) is 36.6 Å². The van der Waals surface area contributed by atoms with Crippen LogP contribution in [0, 0.1) is 0 Å². The van der Waals surface area contributed by atoms with Gasteiger partial charge in [-0.05, 0) is 42.6 Å². The Balaban J connectivity index is 1.97. The minimum atomic E-state index is -0.127. The van der Waals surface area contributed by atoms with Crippen LogP contribution in [0.3, 0.4) is 0 Å². The maximum Gasteiger partial charge on any atom is 0.280 e. The van der Waals surface area contributed by atoms with Crippen LogP contribution in [0.1, 0.15) is 11.8 Å². The van der Waals surface area contributed by atoms with E-state index in [1.54, 1.807) is 29.5 Å². The first-order valence-corrected chi connectivity index (χ1v) is 7.32. The van der Waals surface area contributed by atoms with E-state index in [4.69, 9.17) is 11.6 Å². The van der Waals surface area contributed by atoms with Crippen LogP contribution in [-0.4, -0.2) is 11.6 Å². The number of benzene rings is 1. The lowest BCUT2D eigenvalue weighted by molar-refractivity contribution is -0.114. The van der Waals surface area contributed by atoms with Crippen molar-refractivity contribution in [2.45, 2.75) is 6.92 Å². The van der Waals surface area contributed by atoms with Crippen LogP contribution in [0.5, 0.6) is 0 Å². The van der Waals surface area contributed by atoms with Crippen LogP contribution in [-0.2, 0) is 4.79 Å². The van der Waals surface area contributed by atoms with E-state index >= 15 is 0 Å². The monoisotopic (exact) mass is 302 g/mol. The van der Waals surface area contributed by atoms with Crippen molar-refractivity contribution in [1.82, 2.24) is 0 Å². The predicted octanol–water partition coefficient (Wildman–Crippen LogP) is 4.21. The third-order valence-electron chi connectivity index (χ3n) is 2.95. The quantitative estimate of drug-likeness (QED) is 0.765. The summed E-state index contributed by atoms with van der Waals surface area (Å²) >= 11 is 7.55. The molecular weight excluding hydrogens is 292 g/mol. The molecule has 2 heterocycles. The van der Waals surface area contributed by atoms with Crippen LogP contribution < -0.4 is 5.01 Å². The minimum Gasteiger partial charge on any atom is -0.267 e. The van der Waals surface area contributed by atoms with Crippen LogP contribution in [0.4, 0.5) is 5.69 Å². The summed E-state index contributed by atoms with van der Waals surface area (Å²) in [4.78, 5) is 13.5. The van der Waals surface area contributed by atoms with Crippen molar-refractivity contribution in [2.75, 3.05) is 5.01 Å². The predicted molar refractivity (Wildman–Crippen MR) is 84.3 cm³/mol. The first kappa shape index (κ1) is 13.1. The number of halogens is 1. The highest BCUT2D eigenvalue weighted by Gasteiger charge is 2.28. The smallest absolute Gasteiger partial charge is 0.267 e. The first-order chi connectivity index (χ1) is 9.65. The summed E-state index contributed by atoms with van der Waals surface area (Å²) in [5, 5.41) is 8.27. The molecule has 0 saturated carbocycles. The highest BCUT2D eigenvalue weighted by molar-refractivity contribution is 7.10. The van der Waals surface area contributed by atoms with Crippen molar-refractivity contribution in [3.05, 3.63) is 57.3 Å². The van der Waals surface area contributed by atoms with Gasteiger partial charge in [-0.2, -0.15) is 10.1 Å². The zero-order chi connectivity index (χ0) is 14.1. The third-order valence-corrected chi connectivity index (χ3v) is 4.00. The van der Waals surface area contributed by atoms with E-state index < -0.39 is 0 Å². The lowest BCUT2D eigenvalue weighted by Crippen LogP contribution is -2.21. The number of thiophene rings is 1. The number of anilines is 1. The molecule has 20 heavy (non-hydrogen) atoms. The maximum atomic E-state index is 12.5. The normalized spacial score (nSPS) is 16.9. The second kappa shape index (κ2) is 5.23. The van der Waals surface area contributed by atoms with Gasteiger partial charge >= 0.3 is 0 Å². The van der Waals surface area contributed by atoms with Crippen LogP contribution in [0.25, 0.3) is 6.08 Å². The lowest BCUT2D eigenvalue weighted by Gasteiger charge is -2.11. The molecule has 0 fully saturated rings. The van der Waals surface area contributed by atoms with E-state index in [0.29, 0.717) is 22.0 Å². The summed E-state index contributed by atoms with van der Waals surface area (Å²) in [6.07, 6.45) is 1.87. The number of hydrogen-bond donors (Lipinski definition) is 0. The molecule has 0 aliphatic carbocycles. The summed E-state index contributed by atoms with van der Waals surface area (Å²) in [5.74, 6) is -0.127. The SMILES string of the molecule is CC1=NN(c2cccc(Cl)c2)C(=O)/C1=C/c1cccs1. The van der Waals surface area contributed by atoms with Gasteiger partial charge in [0, 0.05) is 9.90 Å². The molecule has 2 aromatic rings. The highest BCUT2D eigenvalue weighted by atomic mass is 35.5. The van der Waals surface area contributed by atoms with Gasteiger partial charge in [0.2, 0.25) is 0 Å². The number of carbonyl (C=O) groups is 1. The van der Waals surface area contributed by atoms with E-state index in [1.165, 1.54) is 5.01 Å². The third kappa shape index (κ3) is 2.40. The van der Waals surface area contributed by atoms with Gasteiger partial charge in [-0.1, -0.05) is 23.7 Å². The van der Waals surface area contributed by atoms with Gasteiger partial charge in [0.15, 0.2) is 0 Å². The molecule has 1 aliphatic heterocycles. The summed E-state index contributed by atoms with van der Waals surface area (Å²) in [6.45, 7) is 1.84. The van der Waals surface area contributed by atoms with Crippen molar-refractivity contribution in [1.29, 1.82) is 0 Å². The molecule has 1 aliphatic rings. The van der Waals surface area contributed by atoms with E-state index in [0.717, 1.165) is 4.88 Å². The van der Waals surface area contributed by atoms with Gasteiger partial charge in [0.1, 0.15) is 0 Å². The maximum absolute atomic E-state index is 12.5. The van der Waals surface area contributed by atoms with E-state index in [2.05, 4.69) is 5.10 Å². The Labute approximate surface area is 125 Å². The largest absolute Gasteiger partial charge is 0.280 e. The fourth-order valence-corrected chi connectivity index (χ4v) is 2.82. The van der Waals surface area contributed by atoms with E-state index in [9.17, 15) is 4.79 Å². The average molecular weight is 303 g/mol. The van der Waals surface area contributed by atoms with Crippen molar-refractivity contribution in [3.8, 4) is 0 Å². The second-order valence-corrected chi connectivity index (χ2v) is 5.77. The lowest BCUT2D eigenvalue weighted by atomic mass is 10.1. The van der Waals surface area contributed by atoms with Gasteiger partial charge in [-0.15, -0.1) is 11.3 Å². The molecule has 0 atom stereocenters. The molecule has 5 heteroatoms. The number of nitrogens with zero attached hydrogens (tertiary/aromatic N) is 2. The zero-order valence-electron chi connectivity index (χ0n) is 10.7. The molecule has 0 saturated heterocycles. The molecule has 0 radical (unpaired) electrons. The molecule has 1 aromatic carbocycles. The summed E-state index contributed by atoms with van der Waals surface area (Å²) < 4.78 is 0. The Kier molecular flexibility index (Phi) is 3.42. The van der Waals surface area contributed by atoms with Gasteiger partial charge in [0.25, 0.3) is 5.91 Å². The standard InChI is InChI=1S/C15H11ClN2OS/c1-10-14(9-13-6-3-7-20-13)15(19)18(17-10)12-5-2-4-11(16)8-12/h2-9H,1H3/b14-9+. The van der Waals surface area contributed by atoms with Gasteiger partial charge in [-0.25, -0.2) is 0 Å². The molecule has 3 rings (SSSR count). The van der Waals surface area contributed by atoms with Crippen molar-refractivity contribution < 1.29 is 4.79 Å². The number of hydrazone groups is 1.